The van der Waals surface area contributed by atoms with Crippen LogP contribution in [0.2, 0.25) is 0 Å². The second-order valence-electron chi connectivity index (χ2n) is 2.71. The lowest BCUT2D eigenvalue weighted by Crippen LogP contribution is -2.43. The van der Waals surface area contributed by atoms with Gasteiger partial charge in [0.05, 0.1) is 6.04 Å². The van der Waals surface area contributed by atoms with E-state index in [0.29, 0.717) is 0 Å². The van der Waals surface area contributed by atoms with E-state index < -0.39 is 0 Å². The third kappa shape index (κ3) is 1.39. The molecule has 12 heavy (non-hydrogen) atoms. The fraction of sp³-hybridized carbons (Fsp3) is 0.222. The van der Waals surface area contributed by atoms with Crippen LogP contribution >= 0.6 is 0 Å². The summed E-state index contributed by atoms with van der Waals surface area (Å²) in [5.41, 5.74) is 0. The molecule has 0 amide bonds. The molecule has 2 aliphatic heterocycles. The predicted molar refractivity (Wildman–Crippen MR) is 49.8 cm³/mol. The number of hydrogen-bond acceptors (Lipinski definition) is 3. The fourth-order valence-corrected chi connectivity index (χ4v) is 1.24. The van der Waals surface area contributed by atoms with Crippen LogP contribution in [0.25, 0.3) is 0 Å². The van der Waals surface area contributed by atoms with Crippen molar-refractivity contribution in [3.05, 3.63) is 36.7 Å². The van der Waals surface area contributed by atoms with Gasteiger partial charge in [0.2, 0.25) is 0 Å². The zero-order valence-corrected chi connectivity index (χ0v) is 6.64. The molecule has 0 fully saturated rings. The van der Waals surface area contributed by atoms with E-state index in [1.54, 1.807) is 0 Å². The lowest BCUT2D eigenvalue weighted by Gasteiger charge is -2.24. The molecule has 0 spiro atoms. The van der Waals surface area contributed by atoms with Gasteiger partial charge < -0.3 is 10.6 Å². The molecule has 2 aliphatic rings. The summed E-state index contributed by atoms with van der Waals surface area (Å²) in [4.78, 5) is 4.28. The molecule has 62 valence electrons. The summed E-state index contributed by atoms with van der Waals surface area (Å²) in [6, 6.07) is 0.260. The van der Waals surface area contributed by atoms with Gasteiger partial charge in [0.25, 0.3) is 0 Å². The average Bonchev–Trinajstić information content (AvgIpc) is 2.21. The fourth-order valence-electron chi connectivity index (χ4n) is 1.24. The lowest BCUT2D eigenvalue weighted by molar-refractivity contribution is 0.503. The number of allylic oxidation sites excluding steroid dienone is 3. The maximum atomic E-state index is 4.28. The van der Waals surface area contributed by atoms with Crippen molar-refractivity contribution in [2.24, 2.45) is 4.99 Å². The van der Waals surface area contributed by atoms with E-state index in [4.69, 9.17) is 0 Å². The van der Waals surface area contributed by atoms with Crippen molar-refractivity contribution in [2.45, 2.75) is 12.2 Å². The van der Waals surface area contributed by atoms with Gasteiger partial charge in [-0.15, -0.1) is 0 Å². The van der Waals surface area contributed by atoms with E-state index in [9.17, 15) is 0 Å². The van der Waals surface area contributed by atoms with E-state index in [-0.39, 0.29) is 12.2 Å². The van der Waals surface area contributed by atoms with Crippen molar-refractivity contribution < 1.29 is 0 Å². The average molecular weight is 161 g/mol. The molecule has 3 heteroatoms. The van der Waals surface area contributed by atoms with Crippen molar-refractivity contribution in [1.82, 2.24) is 10.6 Å². The Bertz CT molecular complexity index is 235. The molecule has 2 atom stereocenters. The molecule has 2 N–H and O–H groups in total. The van der Waals surface area contributed by atoms with Gasteiger partial charge in [0, 0.05) is 6.21 Å². The Kier molecular flexibility index (Phi) is 1.94. The van der Waals surface area contributed by atoms with Crippen LogP contribution in [0, 0.1) is 0 Å². The Hall–Kier alpha value is -1.51. The Morgan fingerprint density at radius 3 is 2.58 bits per heavy atom. The molecule has 2 unspecified atom stereocenters. The van der Waals surface area contributed by atoms with Crippen LogP contribution in [-0.2, 0) is 0 Å². The van der Waals surface area contributed by atoms with Crippen LogP contribution in [-0.4, -0.2) is 18.4 Å². The first kappa shape index (κ1) is 7.16. The Labute approximate surface area is 71.6 Å². The highest BCUT2D eigenvalue weighted by atomic mass is 15.1. The Morgan fingerprint density at radius 1 is 1.00 bits per heavy atom. The third-order valence-electron chi connectivity index (χ3n) is 1.85. The van der Waals surface area contributed by atoms with E-state index in [1.165, 1.54) is 0 Å². The molecular weight excluding hydrogens is 150 g/mol. The summed E-state index contributed by atoms with van der Waals surface area (Å²) in [5.74, 6) is 0. The van der Waals surface area contributed by atoms with Crippen LogP contribution in [0.1, 0.15) is 0 Å². The zero-order valence-electron chi connectivity index (χ0n) is 6.64. The number of dihydropyridines is 1. The Balaban J connectivity index is 2.01. The number of rotatable bonds is 1. The van der Waals surface area contributed by atoms with E-state index in [2.05, 4.69) is 21.7 Å². The van der Waals surface area contributed by atoms with Crippen LogP contribution in [0.5, 0.6) is 0 Å². The minimum absolute atomic E-state index is 0.121. The van der Waals surface area contributed by atoms with Crippen molar-refractivity contribution in [1.29, 1.82) is 0 Å². The summed E-state index contributed by atoms with van der Waals surface area (Å²) >= 11 is 0. The maximum Gasteiger partial charge on any atom is 0.142 e. The first-order valence-electron chi connectivity index (χ1n) is 4.00. The van der Waals surface area contributed by atoms with Crippen LogP contribution in [0.4, 0.5) is 0 Å². The van der Waals surface area contributed by atoms with Crippen LogP contribution in [0.3, 0.4) is 0 Å². The van der Waals surface area contributed by atoms with Gasteiger partial charge >= 0.3 is 0 Å². The molecule has 2 rings (SSSR count). The van der Waals surface area contributed by atoms with Crippen LogP contribution in [0.15, 0.2) is 41.7 Å². The Morgan fingerprint density at radius 2 is 1.92 bits per heavy atom. The summed E-state index contributed by atoms with van der Waals surface area (Å²) in [6.07, 6.45) is 13.7. The van der Waals surface area contributed by atoms with E-state index in [0.717, 1.165) is 0 Å². The van der Waals surface area contributed by atoms with Gasteiger partial charge in [-0.05, 0) is 24.6 Å². The second-order valence-corrected chi connectivity index (χ2v) is 2.71. The molecule has 0 saturated heterocycles. The summed E-state index contributed by atoms with van der Waals surface area (Å²) < 4.78 is 0. The molecule has 0 aromatic carbocycles. The van der Waals surface area contributed by atoms with Gasteiger partial charge in [-0.1, -0.05) is 12.2 Å². The van der Waals surface area contributed by atoms with Gasteiger partial charge in [-0.25, -0.2) is 0 Å². The van der Waals surface area contributed by atoms with Gasteiger partial charge in [0.1, 0.15) is 6.17 Å². The summed E-state index contributed by atoms with van der Waals surface area (Å²) in [7, 11) is 0. The molecular formula is C9H11N3. The molecule has 0 radical (unpaired) electrons. The second kappa shape index (κ2) is 3.26. The molecule has 0 bridgehead atoms. The highest BCUT2D eigenvalue weighted by Crippen LogP contribution is 2.03. The molecule has 0 aromatic heterocycles. The van der Waals surface area contributed by atoms with Crippen molar-refractivity contribution in [3.63, 3.8) is 0 Å². The van der Waals surface area contributed by atoms with Crippen molar-refractivity contribution in [2.75, 3.05) is 0 Å². The minimum Gasteiger partial charge on any atom is -0.381 e. The molecule has 0 saturated carbocycles. The first-order valence-corrected chi connectivity index (χ1v) is 4.00. The van der Waals surface area contributed by atoms with Gasteiger partial charge in [-0.2, -0.15) is 0 Å². The van der Waals surface area contributed by atoms with E-state index in [1.807, 2.05) is 36.8 Å². The highest BCUT2D eigenvalue weighted by molar-refractivity contribution is 5.72. The smallest absolute Gasteiger partial charge is 0.142 e. The monoisotopic (exact) mass is 161 g/mol. The van der Waals surface area contributed by atoms with Crippen LogP contribution < -0.4 is 10.6 Å². The molecule has 0 aliphatic carbocycles. The minimum atomic E-state index is 0.121. The summed E-state index contributed by atoms with van der Waals surface area (Å²) in [5, 5.41) is 6.37. The topological polar surface area (TPSA) is 36.4 Å². The molecule has 3 nitrogen and oxygen atoms in total. The number of hydrogen-bond donors (Lipinski definition) is 2. The number of nitrogens with zero attached hydrogens (tertiary/aromatic N) is 1. The standard InChI is InChI=1S/C9H11N3/c1-2-5-10-8(4-1)9-11-6-3-7-12-9/h1-11H. The van der Waals surface area contributed by atoms with Crippen molar-refractivity contribution >= 4 is 6.21 Å². The lowest BCUT2D eigenvalue weighted by atomic mass is 10.1. The number of nitrogens with one attached hydrogen (secondary N) is 2. The van der Waals surface area contributed by atoms with Crippen molar-refractivity contribution in [3.8, 4) is 0 Å². The normalized spacial score (nSPS) is 31.3. The zero-order chi connectivity index (χ0) is 8.23. The van der Waals surface area contributed by atoms with Gasteiger partial charge in [-0.3, -0.25) is 4.99 Å². The quantitative estimate of drug-likeness (QED) is 0.589. The molecule has 0 aromatic rings. The third-order valence-corrected chi connectivity index (χ3v) is 1.85. The van der Waals surface area contributed by atoms with Gasteiger partial charge in [0.15, 0.2) is 0 Å². The first-order chi connectivity index (χ1) is 5.97. The highest BCUT2D eigenvalue weighted by Gasteiger charge is 2.16. The maximum absolute atomic E-state index is 4.28. The number of aliphatic imine (C=N–C) groups is 1. The largest absolute Gasteiger partial charge is 0.381 e. The molecule has 2 heterocycles. The summed E-state index contributed by atoms with van der Waals surface area (Å²) in [6.45, 7) is 0. The van der Waals surface area contributed by atoms with E-state index >= 15 is 0 Å². The SMILES string of the molecule is C1=CNC(C2N=CC=CN2)C=C1. The predicted octanol–water partition coefficient (Wildman–Crippen LogP) is 0.542.